The zero-order chi connectivity index (χ0) is 24.7. The first-order chi connectivity index (χ1) is 16.7. The molecule has 0 fully saturated rings. The fraction of sp³-hybridized carbons (Fsp3) is 0. The van der Waals surface area contributed by atoms with Gasteiger partial charge in [-0.3, -0.25) is 4.72 Å². The number of hydrogen-bond acceptors (Lipinski definition) is 9. The van der Waals surface area contributed by atoms with E-state index in [1.54, 1.807) is 24.3 Å². The molecule has 0 atom stereocenters. The molecular weight excluding hydrogens is 524 g/mol. The topological polar surface area (TPSA) is 133 Å². The maximum atomic E-state index is 14.9. The van der Waals surface area contributed by atoms with E-state index in [0.717, 1.165) is 17.9 Å². The number of nitrogens with zero attached hydrogens (tertiary/aromatic N) is 3. The standard InChI is InChI=1S/C21H12ClF2N5O4S2/c22-11-2-4-16(12(6-11)10-1-3-15-18(5-10)33-20(25)28-15)32-17-7-14(24)19(8-13(17)23)35(30,31)29-21-26-9-27-34-21/h1-9H,(H2,25,28)(H,26,27,29). The SMILES string of the molecule is Nc1nc2ccc(-c3cc(Cl)ccc3Oc3cc(F)c(S(=O)(=O)Nc4ncns4)cc3F)cc2o1. The minimum atomic E-state index is -4.46. The van der Waals surface area contributed by atoms with Gasteiger partial charge in [0, 0.05) is 34.3 Å². The van der Waals surface area contributed by atoms with Crippen LogP contribution in [0.25, 0.3) is 22.2 Å². The number of oxazole rings is 1. The van der Waals surface area contributed by atoms with Gasteiger partial charge in [0.25, 0.3) is 16.0 Å². The van der Waals surface area contributed by atoms with Crippen LogP contribution < -0.4 is 15.2 Å². The van der Waals surface area contributed by atoms with Gasteiger partial charge in [-0.25, -0.2) is 22.2 Å². The summed E-state index contributed by atoms with van der Waals surface area (Å²) in [6.45, 7) is 0. The minimum absolute atomic E-state index is 0.00656. The van der Waals surface area contributed by atoms with E-state index in [1.165, 1.54) is 12.1 Å². The lowest BCUT2D eigenvalue weighted by atomic mass is 10.0. The van der Waals surface area contributed by atoms with E-state index in [1.807, 2.05) is 4.72 Å². The summed E-state index contributed by atoms with van der Waals surface area (Å²) in [5.74, 6) is -2.75. The van der Waals surface area contributed by atoms with Crippen LogP contribution in [0.3, 0.4) is 0 Å². The van der Waals surface area contributed by atoms with E-state index >= 15 is 0 Å². The number of benzene rings is 3. The Balaban J connectivity index is 1.51. The van der Waals surface area contributed by atoms with Crippen LogP contribution in [-0.4, -0.2) is 22.8 Å². The fourth-order valence-electron chi connectivity index (χ4n) is 3.23. The highest BCUT2D eigenvalue weighted by Gasteiger charge is 2.24. The molecule has 9 nitrogen and oxygen atoms in total. The van der Waals surface area contributed by atoms with Crippen molar-refractivity contribution >= 4 is 55.4 Å². The molecule has 0 aliphatic carbocycles. The van der Waals surface area contributed by atoms with Crippen LogP contribution in [-0.2, 0) is 10.0 Å². The monoisotopic (exact) mass is 535 g/mol. The summed E-state index contributed by atoms with van der Waals surface area (Å²) in [5, 5.41) is 0.266. The lowest BCUT2D eigenvalue weighted by Gasteiger charge is -2.14. The molecule has 2 heterocycles. The number of fused-ring (bicyclic) bond motifs is 1. The Morgan fingerprint density at radius 2 is 1.89 bits per heavy atom. The van der Waals surface area contributed by atoms with Crippen LogP contribution in [0.15, 0.2) is 64.2 Å². The Morgan fingerprint density at radius 1 is 1.06 bits per heavy atom. The number of ether oxygens (including phenoxy) is 1. The van der Waals surface area contributed by atoms with E-state index in [2.05, 4.69) is 14.3 Å². The predicted molar refractivity (Wildman–Crippen MR) is 126 cm³/mol. The first-order valence-electron chi connectivity index (χ1n) is 9.62. The van der Waals surface area contributed by atoms with Crippen molar-refractivity contribution in [3.63, 3.8) is 0 Å². The van der Waals surface area contributed by atoms with E-state index in [0.29, 0.717) is 39.4 Å². The summed E-state index contributed by atoms with van der Waals surface area (Å²) < 4.78 is 71.3. The lowest BCUT2D eigenvalue weighted by Crippen LogP contribution is -2.15. The van der Waals surface area contributed by atoms with Crippen molar-refractivity contribution < 1.29 is 26.4 Å². The van der Waals surface area contributed by atoms with E-state index < -0.39 is 32.3 Å². The van der Waals surface area contributed by atoms with E-state index in [4.69, 9.17) is 26.5 Å². The second-order valence-electron chi connectivity index (χ2n) is 7.04. The van der Waals surface area contributed by atoms with Crippen LogP contribution in [0.4, 0.5) is 19.9 Å². The zero-order valence-corrected chi connectivity index (χ0v) is 19.6. The van der Waals surface area contributed by atoms with Gasteiger partial charge in [-0.1, -0.05) is 17.7 Å². The molecule has 5 aromatic rings. The molecule has 0 unspecified atom stereocenters. The molecule has 0 amide bonds. The first kappa shape index (κ1) is 23.0. The highest BCUT2D eigenvalue weighted by atomic mass is 35.5. The van der Waals surface area contributed by atoms with Crippen molar-refractivity contribution in [3.8, 4) is 22.6 Å². The number of rotatable bonds is 6. The number of nitrogens with two attached hydrogens (primary N) is 1. The number of nitrogen functional groups attached to an aromatic ring is 1. The van der Waals surface area contributed by atoms with Gasteiger partial charge in [-0.2, -0.15) is 9.36 Å². The summed E-state index contributed by atoms with van der Waals surface area (Å²) in [6.07, 6.45) is 1.12. The van der Waals surface area contributed by atoms with E-state index in [9.17, 15) is 17.2 Å². The van der Waals surface area contributed by atoms with E-state index in [-0.39, 0.29) is 16.9 Å². The average molecular weight is 536 g/mol. The molecule has 14 heteroatoms. The Kier molecular flexibility index (Phi) is 5.75. The van der Waals surface area contributed by atoms with Crippen LogP contribution in [0.1, 0.15) is 0 Å². The Labute approximate surface area is 205 Å². The van der Waals surface area contributed by atoms with Gasteiger partial charge in [0.2, 0.25) is 5.13 Å². The van der Waals surface area contributed by atoms with Crippen LogP contribution >= 0.6 is 23.1 Å². The third-order valence-electron chi connectivity index (χ3n) is 4.74. The van der Waals surface area contributed by atoms with Crippen molar-refractivity contribution in [2.45, 2.75) is 4.90 Å². The number of aromatic nitrogens is 3. The molecule has 0 spiro atoms. The number of anilines is 2. The molecule has 3 N–H and O–H groups in total. The number of hydrogen-bond donors (Lipinski definition) is 2. The van der Waals surface area contributed by atoms with Crippen molar-refractivity contribution in [3.05, 3.63) is 71.5 Å². The third-order valence-corrected chi connectivity index (χ3v) is 7.03. The summed E-state index contributed by atoms with van der Waals surface area (Å²) in [4.78, 5) is 6.78. The molecule has 178 valence electrons. The Hall–Kier alpha value is -3.81. The Morgan fingerprint density at radius 3 is 2.66 bits per heavy atom. The maximum absolute atomic E-state index is 14.9. The second-order valence-corrected chi connectivity index (χ2v) is 9.91. The minimum Gasteiger partial charge on any atom is -0.454 e. The van der Waals surface area contributed by atoms with Crippen LogP contribution in [0.5, 0.6) is 11.5 Å². The molecule has 3 aromatic carbocycles. The summed E-state index contributed by atoms with van der Waals surface area (Å²) >= 11 is 6.89. The van der Waals surface area contributed by atoms with Crippen LogP contribution in [0.2, 0.25) is 5.02 Å². The molecule has 5 rings (SSSR count). The maximum Gasteiger partial charge on any atom is 0.292 e. The summed E-state index contributed by atoms with van der Waals surface area (Å²) in [7, 11) is -4.46. The molecule has 2 aromatic heterocycles. The highest BCUT2D eigenvalue weighted by molar-refractivity contribution is 7.93. The van der Waals surface area contributed by atoms with Crippen molar-refractivity contribution in [1.29, 1.82) is 0 Å². The predicted octanol–water partition coefficient (Wildman–Crippen LogP) is 5.45. The molecule has 0 bridgehead atoms. The number of halogens is 3. The Bertz CT molecular complexity index is 1680. The smallest absolute Gasteiger partial charge is 0.292 e. The first-order valence-corrected chi connectivity index (χ1v) is 12.3. The van der Waals surface area contributed by atoms with Gasteiger partial charge >= 0.3 is 0 Å². The zero-order valence-electron chi connectivity index (χ0n) is 17.2. The van der Waals surface area contributed by atoms with Gasteiger partial charge in [0.05, 0.1) is 0 Å². The van der Waals surface area contributed by atoms with Gasteiger partial charge in [-0.05, 0) is 35.9 Å². The van der Waals surface area contributed by atoms with Crippen LogP contribution in [0, 0.1) is 11.6 Å². The summed E-state index contributed by atoms with van der Waals surface area (Å²) in [6, 6.07) is 10.7. The largest absolute Gasteiger partial charge is 0.454 e. The summed E-state index contributed by atoms with van der Waals surface area (Å²) in [5.41, 5.74) is 7.54. The number of sulfonamides is 1. The highest BCUT2D eigenvalue weighted by Crippen LogP contribution is 2.38. The lowest BCUT2D eigenvalue weighted by molar-refractivity contribution is 0.433. The van der Waals surface area contributed by atoms with Gasteiger partial charge in [-0.15, -0.1) is 0 Å². The average Bonchev–Trinajstić information content (AvgIpc) is 3.44. The van der Waals surface area contributed by atoms with Gasteiger partial charge in [0.15, 0.2) is 17.1 Å². The molecule has 0 saturated carbocycles. The van der Waals surface area contributed by atoms with Crippen molar-refractivity contribution in [2.24, 2.45) is 0 Å². The molecule has 35 heavy (non-hydrogen) atoms. The molecule has 0 aliphatic rings. The molecule has 0 saturated heterocycles. The molecule has 0 aliphatic heterocycles. The van der Waals surface area contributed by atoms with Crippen molar-refractivity contribution in [1.82, 2.24) is 14.3 Å². The normalized spacial score (nSPS) is 11.6. The van der Waals surface area contributed by atoms with Gasteiger partial charge in [0.1, 0.15) is 28.3 Å². The molecule has 0 radical (unpaired) electrons. The fourth-order valence-corrected chi connectivity index (χ4v) is 5.13. The molecular formula is C21H12ClF2N5O4S2. The number of nitrogens with one attached hydrogen (secondary N) is 1. The van der Waals surface area contributed by atoms with Crippen molar-refractivity contribution in [2.75, 3.05) is 10.5 Å². The third kappa shape index (κ3) is 4.60. The quantitative estimate of drug-likeness (QED) is 0.293. The second kappa shape index (κ2) is 8.76. The van der Waals surface area contributed by atoms with Gasteiger partial charge < -0.3 is 14.9 Å².